The summed E-state index contributed by atoms with van der Waals surface area (Å²) >= 11 is 4.11. The molecular formula is C16H16O2S. The van der Waals surface area contributed by atoms with Gasteiger partial charge in [0.05, 0.1) is 0 Å². The van der Waals surface area contributed by atoms with Gasteiger partial charge in [-0.2, -0.15) is 12.6 Å². The Kier molecular flexibility index (Phi) is 4.53. The minimum Gasteiger partial charge on any atom is -0.508 e. The summed E-state index contributed by atoms with van der Waals surface area (Å²) in [6.07, 6.45) is 4.34. The lowest BCUT2D eigenvalue weighted by Crippen LogP contribution is -1.89. The second-order valence-electron chi connectivity index (χ2n) is 4.26. The molecule has 2 aromatic carbocycles. The molecule has 0 unspecified atom stereocenters. The van der Waals surface area contributed by atoms with Gasteiger partial charge in [-0.25, -0.2) is 0 Å². The average Bonchev–Trinajstić information content (AvgIpc) is 2.42. The zero-order chi connectivity index (χ0) is 13.7. The molecular weight excluding hydrogens is 256 g/mol. The van der Waals surface area contributed by atoms with Crippen LogP contribution < -0.4 is 0 Å². The number of hydrogen-bond donors (Lipinski definition) is 3. The molecule has 2 N–H and O–H groups in total. The summed E-state index contributed by atoms with van der Waals surface area (Å²) < 4.78 is 0. The van der Waals surface area contributed by atoms with E-state index in [1.54, 1.807) is 12.1 Å². The van der Waals surface area contributed by atoms with E-state index in [9.17, 15) is 10.2 Å². The topological polar surface area (TPSA) is 40.5 Å². The highest BCUT2D eigenvalue weighted by Crippen LogP contribution is 2.30. The molecule has 2 nitrogen and oxygen atoms in total. The first kappa shape index (κ1) is 13.6. The Morgan fingerprint density at radius 2 is 1.47 bits per heavy atom. The van der Waals surface area contributed by atoms with Crippen molar-refractivity contribution in [2.24, 2.45) is 0 Å². The van der Waals surface area contributed by atoms with Crippen LogP contribution in [0, 0.1) is 0 Å². The van der Waals surface area contributed by atoms with E-state index < -0.39 is 0 Å². The van der Waals surface area contributed by atoms with Gasteiger partial charge in [0.2, 0.25) is 0 Å². The maximum atomic E-state index is 9.87. The fourth-order valence-electron chi connectivity index (χ4n) is 1.88. The number of phenolic OH excluding ortho intramolecular Hbond substituents is 2. The molecule has 98 valence electrons. The molecule has 19 heavy (non-hydrogen) atoms. The summed E-state index contributed by atoms with van der Waals surface area (Å²) in [4.78, 5) is 0. The predicted octanol–water partition coefficient (Wildman–Crippen LogP) is 3.74. The predicted molar refractivity (Wildman–Crippen MR) is 82.7 cm³/mol. The number of aromatic hydroxyl groups is 2. The van der Waals surface area contributed by atoms with Gasteiger partial charge in [0.15, 0.2) is 0 Å². The van der Waals surface area contributed by atoms with E-state index in [0.29, 0.717) is 17.7 Å². The maximum Gasteiger partial charge on any atom is 0.123 e. The van der Waals surface area contributed by atoms with Crippen molar-refractivity contribution in [3.05, 3.63) is 59.2 Å². The number of benzene rings is 2. The zero-order valence-corrected chi connectivity index (χ0v) is 11.3. The summed E-state index contributed by atoms with van der Waals surface area (Å²) in [5.41, 5.74) is 2.38. The van der Waals surface area contributed by atoms with Crippen LogP contribution in [0.4, 0.5) is 0 Å². The minimum absolute atomic E-state index is 0.113. The Bertz CT molecular complexity index is 554. The van der Waals surface area contributed by atoms with Crippen LogP contribution in [-0.4, -0.2) is 16.0 Å². The van der Waals surface area contributed by atoms with Gasteiger partial charge in [0.25, 0.3) is 0 Å². The largest absolute Gasteiger partial charge is 0.508 e. The lowest BCUT2D eigenvalue weighted by atomic mass is 10.1. The molecule has 0 saturated heterocycles. The second kappa shape index (κ2) is 6.34. The normalized spacial score (nSPS) is 11.0. The number of thiol groups is 1. The molecule has 0 heterocycles. The lowest BCUT2D eigenvalue weighted by molar-refractivity contribution is 0.439. The Morgan fingerprint density at radius 1 is 0.895 bits per heavy atom. The Labute approximate surface area is 118 Å². The third-order valence-corrected chi connectivity index (χ3v) is 3.08. The standard InChI is InChI=1S/C16H16O2S/c17-15-10-13(11-16(18)14(15)8-9-19)7-6-12-4-2-1-3-5-12/h1-7,10-11,17-19H,8-9H2/b7-6+. The van der Waals surface area contributed by atoms with Crippen molar-refractivity contribution in [1.82, 2.24) is 0 Å². The summed E-state index contributed by atoms with van der Waals surface area (Å²) in [7, 11) is 0. The van der Waals surface area contributed by atoms with Crippen LogP contribution in [0.3, 0.4) is 0 Å². The summed E-state index contributed by atoms with van der Waals surface area (Å²) in [6.45, 7) is 0. The van der Waals surface area contributed by atoms with Gasteiger partial charge in [-0.3, -0.25) is 0 Å². The van der Waals surface area contributed by atoms with Crippen molar-refractivity contribution < 1.29 is 10.2 Å². The molecule has 0 aliphatic carbocycles. The molecule has 3 heteroatoms. The molecule has 0 spiro atoms. The molecule has 0 amide bonds. The van der Waals surface area contributed by atoms with Crippen LogP contribution in [0.15, 0.2) is 42.5 Å². The average molecular weight is 272 g/mol. The molecule has 0 aliphatic rings. The summed E-state index contributed by atoms with van der Waals surface area (Å²) in [5.74, 6) is 0.809. The monoisotopic (exact) mass is 272 g/mol. The van der Waals surface area contributed by atoms with E-state index in [4.69, 9.17) is 0 Å². The Balaban J connectivity index is 2.25. The van der Waals surface area contributed by atoms with Crippen molar-refractivity contribution in [3.63, 3.8) is 0 Å². The summed E-state index contributed by atoms with van der Waals surface area (Å²) in [6, 6.07) is 13.2. The SMILES string of the molecule is Oc1cc(/C=C/c2ccccc2)cc(O)c1CCS. The molecule has 0 radical (unpaired) electrons. The minimum atomic E-state index is 0.113. The van der Waals surface area contributed by atoms with Crippen LogP contribution in [0.1, 0.15) is 16.7 Å². The van der Waals surface area contributed by atoms with Gasteiger partial charge in [0, 0.05) is 5.56 Å². The van der Waals surface area contributed by atoms with Crippen LogP contribution in [0.2, 0.25) is 0 Å². The first-order valence-electron chi connectivity index (χ1n) is 6.09. The smallest absolute Gasteiger partial charge is 0.123 e. The molecule has 0 aliphatic heterocycles. The van der Waals surface area contributed by atoms with E-state index in [2.05, 4.69) is 12.6 Å². The lowest BCUT2D eigenvalue weighted by Gasteiger charge is -2.07. The zero-order valence-electron chi connectivity index (χ0n) is 10.5. The fourth-order valence-corrected chi connectivity index (χ4v) is 2.11. The van der Waals surface area contributed by atoms with Gasteiger partial charge in [-0.15, -0.1) is 0 Å². The molecule has 0 aromatic heterocycles. The van der Waals surface area contributed by atoms with Gasteiger partial charge in [0.1, 0.15) is 11.5 Å². The highest BCUT2D eigenvalue weighted by molar-refractivity contribution is 7.80. The van der Waals surface area contributed by atoms with Crippen molar-refractivity contribution in [1.29, 1.82) is 0 Å². The van der Waals surface area contributed by atoms with Gasteiger partial charge in [-0.05, 0) is 35.4 Å². The van der Waals surface area contributed by atoms with E-state index in [1.165, 1.54) is 0 Å². The van der Waals surface area contributed by atoms with E-state index >= 15 is 0 Å². The molecule has 2 rings (SSSR count). The molecule has 0 fully saturated rings. The Hall–Kier alpha value is -1.87. The molecule has 0 bridgehead atoms. The third kappa shape index (κ3) is 3.55. The highest BCUT2D eigenvalue weighted by Gasteiger charge is 2.07. The second-order valence-corrected chi connectivity index (χ2v) is 4.70. The summed E-state index contributed by atoms with van der Waals surface area (Å²) in [5, 5.41) is 19.7. The van der Waals surface area contributed by atoms with E-state index in [0.717, 1.165) is 11.1 Å². The number of hydrogen-bond acceptors (Lipinski definition) is 3. The quantitative estimate of drug-likeness (QED) is 0.586. The molecule has 2 aromatic rings. The molecule has 0 saturated carbocycles. The van der Waals surface area contributed by atoms with Gasteiger partial charge < -0.3 is 10.2 Å². The van der Waals surface area contributed by atoms with E-state index in [1.807, 2.05) is 42.5 Å². The number of rotatable bonds is 4. The van der Waals surface area contributed by atoms with Crippen LogP contribution >= 0.6 is 12.6 Å². The Morgan fingerprint density at radius 3 is 2.05 bits per heavy atom. The van der Waals surface area contributed by atoms with Crippen molar-refractivity contribution in [2.75, 3.05) is 5.75 Å². The first-order chi connectivity index (χ1) is 9.20. The van der Waals surface area contributed by atoms with Crippen molar-refractivity contribution >= 4 is 24.8 Å². The van der Waals surface area contributed by atoms with Crippen LogP contribution in [0.5, 0.6) is 11.5 Å². The number of phenols is 2. The van der Waals surface area contributed by atoms with Crippen LogP contribution in [0.25, 0.3) is 12.2 Å². The first-order valence-corrected chi connectivity index (χ1v) is 6.73. The van der Waals surface area contributed by atoms with Crippen molar-refractivity contribution in [3.8, 4) is 11.5 Å². The van der Waals surface area contributed by atoms with Gasteiger partial charge >= 0.3 is 0 Å². The van der Waals surface area contributed by atoms with Crippen LogP contribution in [-0.2, 0) is 6.42 Å². The molecule has 0 atom stereocenters. The van der Waals surface area contributed by atoms with Crippen molar-refractivity contribution in [2.45, 2.75) is 6.42 Å². The van der Waals surface area contributed by atoms with E-state index in [-0.39, 0.29) is 11.5 Å². The maximum absolute atomic E-state index is 9.87. The highest BCUT2D eigenvalue weighted by atomic mass is 32.1. The third-order valence-electron chi connectivity index (χ3n) is 2.85. The fraction of sp³-hybridized carbons (Fsp3) is 0.125. The van der Waals surface area contributed by atoms with Gasteiger partial charge in [-0.1, -0.05) is 42.5 Å².